The van der Waals surface area contributed by atoms with E-state index in [1.54, 1.807) is 0 Å². The lowest BCUT2D eigenvalue weighted by Crippen LogP contribution is -2.52. The molecular weight excluding hydrogens is 424 g/mol. The second-order valence-electron chi connectivity index (χ2n) is 9.15. The van der Waals surface area contributed by atoms with E-state index in [4.69, 9.17) is 4.74 Å². The Labute approximate surface area is 194 Å². The third kappa shape index (κ3) is 6.11. The molecule has 3 aliphatic rings. The third-order valence-corrected chi connectivity index (χ3v) is 6.90. The van der Waals surface area contributed by atoms with Gasteiger partial charge in [-0.2, -0.15) is 0 Å². The van der Waals surface area contributed by atoms with Crippen LogP contribution in [-0.4, -0.2) is 109 Å². The molecule has 3 aliphatic heterocycles. The summed E-state index contributed by atoms with van der Waals surface area (Å²) in [5, 5.41) is 0. The van der Waals surface area contributed by atoms with Gasteiger partial charge >= 0.3 is 0 Å². The summed E-state index contributed by atoms with van der Waals surface area (Å²) in [4.78, 5) is 53.3. The summed E-state index contributed by atoms with van der Waals surface area (Å²) in [5.74, 6) is 0.830. The number of piperazine rings is 1. The number of carbonyl (C=O) groups excluding carboxylic acids is 2. The van der Waals surface area contributed by atoms with Gasteiger partial charge in [0.05, 0.1) is 19.8 Å². The van der Waals surface area contributed by atoms with Gasteiger partial charge in [-0.3, -0.25) is 24.3 Å². The molecule has 0 atom stereocenters. The summed E-state index contributed by atoms with van der Waals surface area (Å²) >= 11 is 0. The van der Waals surface area contributed by atoms with Crippen LogP contribution in [0.15, 0.2) is 4.79 Å². The quantitative estimate of drug-likeness (QED) is 0.638. The first-order valence-electron chi connectivity index (χ1n) is 12.2. The van der Waals surface area contributed by atoms with Crippen molar-refractivity contribution in [3.8, 4) is 0 Å². The molecule has 0 bridgehead atoms. The molecule has 0 unspecified atom stereocenters. The van der Waals surface area contributed by atoms with Crippen LogP contribution in [0.1, 0.15) is 36.9 Å². The van der Waals surface area contributed by atoms with E-state index in [0.717, 1.165) is 25.9 Å². The fourth-order valence-electron chi connectivity index (χ4n) is 4.79. The second kappa shape index (κ2) is 11.1. The van der Waals surface area contributed by atoms with Gasteiger partial charge in [0.2, 0.25) is 17.8 Å². The zero-order chi connectivity index (χ0) is 23.2. The molecule has 1 N–H and O–H groups in total. The number of nitrogens with one attached hydrogen (secondary N) is 1. The van der Waals surface area contributed by atoms with Crippen LogP contribution in [0.4, 0.5) is 5.95 Å². The SMILES string of the molecule is Cc1nc(N2CCOCC2)[nH]c(=O)c1CCC(=O)N1CCN(CC(=O)N2CCCCC2)CC1. The Morgan fingerprint density at radius 1 is 0.909 bits per heavy atom. The number of hydrogen-bond donors (Lipinski definition) is 1. The highest BCUT2D eigenvalue weighted by Gasteiger charge is 2.25. The monoisotopic (exact) mass is 460 g/mol. The lowest BCUT2D eigenvalue weighted by molar-refractivity contribution is -0.135. The zero-order valence-corrected chi connectivity index (χ0v) is 19.7. The maximum Gasteiger partial charge on any atom is 0.255 e. The van der Waals surface area contributed by atoms with Crippen molar-refractivity contribution in [3.63, 3.8) is 0 Å². The van der Waals surface area contributed by atoms with Crippen LogP contribution >= 0.6 is 0 Å². The predicted octanol–water partition coefficient (Wildman–Crippen LogP) is 0.00422. The summed E-state index contributed by atoms with van der Waals surface area (Å²) in [6.07, 6.45) is 4.08. The molecule has 0 spiro atoms. The summed E-state index contributed by atoms with van der Waals surface area (Å²) in [6.45, 7) is 9.33. The Morgan fingerprint density at radius 3 is 2.24 bits per heavy atom. The van der Waals surface area contributed by atoms with Crippen LogP contribution in [0.25, 0.3) is 0 Å². The van der Waals surface area contributed by atoms with Crippen molar-refractivity contribution in [2.24, 2.45) is 0 Å². The Hall–Kier alpha value is -2.46. The molecule has 4 heterocycles. The predicted molar refractivity (Wildman–Crippen MR) is 124 cm³/mol. The number of anilines is 1. The maximum atomic E-state index is 12.8. The highest BCUT2D eigenvalue weighted by Crippen LogP contribution is 2.13. The van der Waals surface area contributed by atoms with Gasteiger partial charge in [0.15, 0.2) is 0 Å². The van der Waals surface area contributed by atoms with Crippen molar-refractivity contribution in [1.29, 1.82) is 0 Å². The van der Waals surface area contributed by atoms with E-state index in [1.165, 1.54) is 6.42 Å². The van der Waals surface area contributed by atoms with Crippen molar-refractivity contribution in [2.45, 2.75) is 39.0 Å². The minimum Gasteiger partial charge on any atom is -0.378 e. The van der Waals surface area contributed by atoms with E-state index >= 15 is 0 Å². The first kappa shape index (κ1) is 23.7. The number of aromatic nitrogens is 2. The van der Waals surface area contributed by atoms with E-state index in [2.05, 4.69) is 14.9 Å². The number of aromatic amines is 1. The van der Waals surface area contributed by atoms with Crippen LogP contribution in [0, 0.1) is 6.92 Å². The van der Waals surface area contributed by atoms with E-state index in [1.807, 2.05) is 21.6 Å². The molecule has 0 aliphatic carbocycles. The number of hydrogen-bond acceptors (Lipinski definition) is 7. The molecule has 1 aromatic heterocycles. The van der Waals surface area contributed by atoms with Gasteiger partial charge < -0.3 is 19.4 Å². The van der Waals surface area contributed by atoms with Crippen LogP contribution in [0.2, 0.25) is 0 Å². The largest absolute Gasteiger partial charge is 0.378 e. The van der Waals surface area contributed by atoms with Crippen molar-refractivity contribution in [3.05, 3.63) is 21.6 Å². The van der Waals surface area contributed by atoms with E-state index in [0.29, 0.717) is 82.7 Å². The Morgan fingerprint density at radius 2 is 1.58 bits per heavy atom. The van der Waals surface area contributed by atoms with Crippen LogP contribution in [0.5, 0.6) is 0 Å². The Bertz CT molecular complexity index is 883. The lowest BCUT2D eigenvalue weighted by atomic mass is 10.1. The molecule has 10 heteroatoms. The van der Waals surface area contributed by atoms with Gasteiger partial charge in [0, 0.05) is 70.0 Å². The van der Waals surface area contributed by atoms with E-state index in [9.17, 15) is 14.4 Å². The molecule has 1 aromatic rings. The number of carbonyl (C=O) groups is 2. The molecule has 0 saturated carbocycles. The summed E-state index contributed by atoms with van der Waals surface area (Å²) in [5.41, 5.74) is 1.08. The standard InChI is InChI=1S/C23H36N6O4/c1-18-19(22(32)25-23(24-18)29-13-15-33-16-14-29)5-6-20(30)28-11-9-26(10-12-28)17-21(31)27-7-3-2-4-8-27/h2-17H2,1H3,(H,24,25,32). The summed E-state index contributed by atoms with van der Waals surface area (Å²) < 4.78 is 5.36. The third-order valence-electron chi connectivity index (χ3n) is 6.90. The fraction of sp³-hybridized carbons (Fsp3) is 0.739. The second-order valence-corrected chi connectivity index (χ2v) is 9.15. The first-order chi connectivity index (χ1) is 16.0. The van der Waals surface area contributed by atoms with Crippen molar-refractivity contribution in [2.75, 3.05) is 77.0 Å². The van der Waals surface area contributed by atoms with Crippen LogP contribution in [-0.2, 0) is 20.7 Å². The topological polar surface area (TPSA) is 102 Å². The average Bonchev–Trinajstić information content (AvgIpc) is 2.85. The van der Waals surface area contributed by atoms with Gasteiger partial charge in [-0.05, 0) is 32.6 Å². The van der Waals surface area contributed by atoms with Gasteiger partial charge in [-0.25, -0.2) is 4.98 Å². The number of H-pyrrole nitrogens is 1. The molecule has 2 amide bonds. The fourth-order valence-corrected chi connectivity index (χ4v) is 4.79. The first-order valence-corrected chi connectivity index (χ1v) is 12.2. The summed E-state index contributed by atoms with van der Waals surface area (Å²) in [6, 6.07) is 0. The zero-order valence-electron chi connectivity index (χ0n) is 19.7. The molecule has 0 aromatic carbocycles. The van der Waals surface area contributed by atoms with Crippen LogP contribution in [0.3, 0.4) is 0 Å². The molecular formula is C23H36N6O4. The average molecular weight is 461 g/mol. The molecule has 182 valence electrons. The Kier molecular flexibility index (Phi) is 7.97. The van der Waals surface area contributed by atoms with Crippen molar-refractivity contribution >= 4 is 17.8 Å². The number of likely N-dealkylation sites (tertiary alicyclic amines) is 1. The van der Waals surface area contributed by atoms with Crippen molar-refractivity contribution in [1.82, 2.24) is 24.7 Å². The number of amides is 2. The smallest absolute Gasteiger partial charge is 0.255 e. The number of ether oxygens (including phenoxy) is 1. The lowest BCUT2D eigenvalue weighted by Gasteiger charge is -2.36. The van der Waals surface area contributed by atoms with Gasteiger partial charge in [0.25, 0.3) is 5.56 Å². The molecule has 3 saturated heterocycles. The normalized spacial score (nSPS) is 20.2. The van der Waals surface area contributed by atoms with Gasteiger partial charge in [-0.15, -0.1) is 0 Å². The number of rotatable bonds is 6. The highest BCUT2D eigenvalue weighted by molar-refractivity contribution is 5.78. The van der Waals surface area contributed by atoms with E-state index in [-0.39, 0.29) is 23.8 Å². The van der Waals surface area contributed by atoms with Crippen molar-refractivity contribution < 1.29 is 14.3 Å². The van der Waals surface area contributed by atoms with Crippen LogP contribution < -0.4 is 10.5 Å². The number of nitrogens with zero attached hydrogens (tertiary/aromatic N) is 5. The molecule has 4 rings (SSSR count). The minimum absolute atomic E-state index is 0.0491. The maximum absolute atomic E-state index is 12.8. The molecule has 10 nitrogen and oxygen atoms in total. The minimum atomic E-state index is -0.169. The van der Waals surface area contributed by atoms with E-state index < -0.39 is 0 Å². The van der Waals surface area contributed by atoms with Gasteiger partial charge in [-0.1, -0.05) is 0 Å². The number of piperidine rings is 1. The Balaban J connectivity index is 1.24. The summed E-state index contributed by atoms with van der Waals surface area (Å²) in [7, 11) is 0. The number of morpholine rings is 1. The van der Waals surface area contributed by atoms with Gasteiger partial charge in [0.1, 0.15) is 0 Å². The number of aryl methyl sites for hydroxylation is 1. The molecule has 33 heavy (non-hydrogen) atoms. The molecule has 3 fully saturated rings. The molecule has 0 radical (unpaired) electrons. The highest BCUT2D eigenvalue weighted by atomic mass is 16.5.